The molecule has 0 spiro atoms. The quantitative estimate of drug-likeness (QED) is 0.215. The molecule has 0 heterocycles. The zero-order valence-electron chi connectivity index (χ0n) is 25.3. The molecule has 0 saturated carbocycles. The number of fused-ring (bicyclic) bond motifs is 1. The second kappa shape index (κ2) is 17.0. The topological polar surface area (TPSA) is 75.3 Å². The van der Waals surface area contributed by atoms with Crippen LogP contribution in [0, 0.1) is 6.92 Å². The lowest BCUT2D eigenvalue weighted by atomic mass is 9.61. The first-order chi connectivity index (χ1) is 19.9. The minimum atomic E-state index is -0.728. The highest BCUT2D eigenvalue weighted by Crippen LogP contribution is 2.47. The Morgan fingerprint density at radius 3 is 2.12 bits per heavy atom. The van der Waals surface area contributed by atoms with Crippen molar-refractivity contribution in [3.63, 3.8) is 0 Å². The monoisotopic (exact) mass is 554 g/mol. The Morgan fingerprint density at radius 2 is 1.49 bits per heavy atom. The summed E-state index contributed by atoms with van der Waals surface area (Å²) in [4.78, 5) is 38.6. The van der Waals surface area contributed by atoms with E-state index in [1.807, 2.05) is 106 Å². The average Bonchev–Trinajstić information content (AvgIpc) is 3.01. The van der Waals surface area contributed by atoms with Crippen LogP contribution in [0.25, 0.3) is 0 Å². The van der Waals surface area contributed by atoms with Crippen molar-refractivity contribution >= 4 is 17.6 Å². The van der Waals surface area contributed by atoms with Crippen molar-refractivity contribution in [2.45, 2.75) is 71.6 Å². The Morgan fingerprint density at radius 1 is 0.902 bits per heavy atom. The van der Waals surface area contributed by atoms with E-state index in [4.69, 9.17) is 0 Å². The number of nitrogens with one attached hydrogen (secondary N) is 2. The molecule has 1 aliphatic rings. The molecule has 0 unspecified atom stereocenters. The summed E-state index contributed by atoms with van der Waals surface area (Å²) < 4.78 is 0. The number of hydrogen-bond donors (Lipinski definition) is 2. The second-order valence-corrected chi connectivity index (χ2v) is 9.92. The van der Waals surface area contributed by atoms with Gasteiger partial charge in [0, 0.05) is 18.7 Å². The summed E-state index contributed by atoms with van der Waals surface area (Å²) in [6.07, 6.45) is 4.79. The Balaban J connectivity index is 0.000000902. The summed E-state index contributed by atoms with van der Waals surface area (Å²) in [5.41, 5.74) is 3.70. The molecule has 0 saturated heterocycles. The summed E-state index contributed by atoms with van der Waals surface area (Å²) in [7, 11) is 0. The molecular formula is C36H46N2O3. The average molecular weight is 555 g/mol. The second-order valence-electron chi connectivity index (χ2n) is 9.92. The highest BCUT2D eigenvalue weighted by Gasteiger charge is 2.46. The molecule has 0 aliphatic heterocycles. The van der Waals surface area contributed by atoms with Crippen LogP contribution < -0.4 is 10.6 Å². The Bertz CT molecular complexity index is 1280. The zero-order chi connectivity index (χ0) is 30.3. The van der Waals surface area contributed by atoms with Crippen LogP contribution in [-0.4, -0.2) is 30.7 Å². The largest absolute Gasteiger partial charge is 0.356 e. The van der Waals surface area contributed by atoms with Crippen molar-refractivity contribution in [3.05, 3.63) is 119 Å². The van der Waals surface area contributed by atoms with Crippen LogP contribution in [0.5, 0.6) is 0 Å². The third kappa shape index (κ3) is 8.26. The summed E-state index contributed by atoms with van der Waals surface area (Å²) >= 11 is 0. The van der Waals surface area contributed by atoms with E-state index >= 15 is 0 Å². The van der Waals surface area contributed by atoms with E-state index in [1.165, 1.54) is 0 Å². The highest BCUT2D eigenvalue weighted by molar-refractivity contribution is 5.96. The molecule has 3 aromatic rings. The van der Waals surface area contributed by atoms with Crippen LogP contribution in [0.2, 0.25) is 0 Å². The first kappa shape index (κ1) is 33.2. The number of ketones is 1. The van der Waals surface area contributed by atoms with Gasteiger partial charge in [0.25, 0.3) is 5.91 Å². The highest BCUT2D eigenvalue weighted by atomic mass is 16.2. The number of aryl methyl sites for hydroxylation is 1. The maximum atomic E-state index is 13.2. The Hall–Kier alpha value is -3.99. The molecule has 2 amide bonds. The van der Waals surface area contributed by atoms with Gasteiger partial charge in [0.05, 0.1) is 11.3 Å². The van der Waals surface area contributed by atoms with Crippen molar-refractivity contribution in [1.29, 1.82) is 0 Å². The zero-order valence-corrected chi connectivity index (χ0v) is 25.3. The van der Waals surface area contributed by atoms with Gasteiger partial charge in [-0.25, -0.2) is 0 Å². The fourth-order valence-electron chi connectivity index (χ4n) is 5.25. The SMILES string of the molecule is C=CCC.CC.CC(=O)[C@]1(c2ccccc2)CC[C@@H](C(=O)NCCCNC(=O)c2ccccc2C)c2ccccc21. The van der Waals surface area contributed by atoms with Crippen LogP contribution in [0.3, 0.4) is 0 Å². The number of rotatable bonds is 9. The lowest BCUT2D eigenvalue weighted by Crippen LogP contribution is -2.43. The molecule has 218 valence electrons. The van der Waals surface area contributed by atoms with Gasteiger partial charge in [-0.15, -0.1) is 6.58 Å². The molecule has 4 rings (SSSR count). The van der Waals surface area contributed by atoms with Crippen LogP contribution in [0.15, 0.2) is 91.5 Å². The molecule has 41 heavy (non-hydrogen) atoms. The Labute approximate surface area is 246 Å². The lowest BCUT2D eigenvalue weighted by molar-refractivity contribution is -0.125. The number of carbonyl (C=O) groups excluding carboxylic acids is 3. The van der Waals surface area contributed by atoms with Crippen LogP contribution in [0.4, 0.5) is 0 Å². The fraction of sp³-hybridized carbons (Fsp3) is 0.361. The molecule has 0 radical (unpaired) electrons. The molecular weight excluding hydrogens is 508 g/mol. The number of allylic oxidation sites excluding steroid dienone is 1. The Kier molecular flexibility index (Phi) is 13.7. The molecule has 0 fully saturated rings. The van der Waals surface area contributed by atoms with E-state index in [1.54, 1.807) is 6.92 Å². The standard InChI is InChI=1S/C30H32N2O3.C4H8.C2H6/c1-21-11-6-7-14-24(21)28(34)31-19-10-20-32-29(35)26-17-18-30(22(2)33,23-12-4-3-5-13-23)27-16-9-8-15-25(26)27;1-3-4-2;1-2/h3-9,11-16,26H,10,17-20H2,1-2H3,(H,31,34)(H,32,35);3H,1,4H2,2H3;1-2H3/t26-,30+;;/m1../s1. The molecule has 2 N–H and O–H groups in total. The van der Waals surface area contributed by atoms with Crippen molar-refractivity contribution < 1.29 is 14.4 Å². The van der Waals surface area contributed by atoms with Gasteiger partial charge in [-0.3, -0.25) is 14.4 Å². The van der Waals surface area contributed by atoms with Crippen LogP contribution >= 0.6 is 0 Å². The van der Waals surface area contributed by atoms with Gasteiger partial charge >= 0.3 is 0 Å². The number of Topliss-reactive ketones (excluding diaryl/α,β-unsaturated/α-hetero) is 1. The normalized spacial score (nSPS) is 16.9. The van der Waals surface area contributed by atoms with Gasteiger partial charge < -0.3 is 10.6 Å². The molecule has 1 aliphatic carbocycles. The number of hydrogen-bond acceptors (Lipinski definition) is 3. The molecule has 2 atom stereocenters. The lowest BCUT2D eigenvalue weighted by Gasteiger charge is -2.40. The predicted octanol–water partition coefficient (Wildman–Crippen LogP) is 7.29. The minimum absolute atomic E-state index is 0.0344. The first-order valence-electron chi connectivity index (χ1n) is 14.7. The van der Waals surface area contributed by atoms with E-state index in [0.717, 1.165) is 28.7 Å². The summed E-state index contributed by atoms with van der Waals surface area (Å²) in [5, 5.41) is 5.96. The van der Waals surface area contributed by atoms with Crippen molar-refractivity contribution in [1.82, 2.24) is 10.6 Å². The molecule has 5 heteroatoms. The van der Waals surface area contributed by atoms with E-state index in [-0.39, 0.29) is 23.5 Å². The third-order valence-corrected chi connectivity index (χ3v) is 7.40. The third-order valence-electron chi connectivity index (χ3n) is 7.40. The number of amides is 2. The van der Waals surface area contributed by atoms with Crippen molar-refractivity contribution in [2.75, 3.05) is 13.1 Å². The van der Waals surface area contributed by atoms with E-state index in [2.05, 4.69) is 24.1 Å². The minimum Gasteiger partial charge on any atom is -0.356 e. The van der Waals surface area contributed by atoms with Gasteiger partial charge in [-0.1, -0.05) is 99.6 Å². The fourth-order valence-corrected chi connectivity index (χ4v) is 5.25. The van der Waals surface area contributed by atoms with Gasteiger partial charge in [-0.05, 0) is 67.9 Å². The van der Waals surface area contributed by atoms with E-state index in [0.29, 0.717) is 37.9 Å². The van der Waals surface area contributed by atoms with E-state index in [9.17, 15) is 14.4 Å². The van der Waals surface area contributed by atoms with Gasteiger partial charge in [0.1, 0.15) is 5.78 Å². The first-order valence-corrected chi connectivity index (χ1v) is 14.7. The summed E-state index contributed by atoms with van der Waals surface area (Å²) in [6.45, 7) is 14.1. The maximum Gasteiger partial charge on any atom is 0.251 e. The summed E-state index contributed by atoms with van der Waals surface area (Å²) in [5.74, 6) is -0.339. The number of carbonyl (C=O) groups is 3. The molecule has 0 bridgehead atoms. The van der Waals surface area contributed by atoms with Gasteiger partial charge in [0.2, 0.25) is 5.91 Å². The maximum absolute atomic E-state index is 13.2. The van der Waals surface area contributed by atoms with Gasteiger partial charge in [0.15, 0.2) is 0 Å². The van der Waals surface area contributed by atoms with Gasteiger partial charge in [-0.2, -0.15) is 0 Å². The summed E-state index contributed by atoms with van der Waals surface area (Å²) in [6, 6.07) is 25.2. The predicted molar refractivity (Wildman–Crippen MR) is 169 cm³/mol. The van der Waals surface area contributed by atoms with Crippen LogP contribution in [0.1, 0.15) is 91.9 Å². The smallest absolute Gasteiger partial charge is 0.251 e. The number of benzene rings is 3. The van der Waals surface area contributed by atoms with E-state index < -0.39 is 5.41 Å². The molecule has 3 aromatic carbocycles. The van der Waals surface area contributed by atoms with Crippen LogP contribution in [-0.2, 0) is 15.0 Å². The molecule has 5 nitrogen and oxygen atoms in total. The van der Waals surface area contributed by atoms with Crippen molar-refractivity contribution in [2.24, 2.45) is 0 Å². The molecule has 0 aromatic heterocycles. The van der Waals surface area contributed by atoms with Crippen molar-refractivity contribution in [3.8, 4) is 0 Å².